The van der Waals surface area contributed by atoms with Gasteiger partial charge in [0.05, 0.1) is 11.7 Å². The minimum absolute atomic E-state index is 0.0248. The number of methoxy groups -OCH3 is 1. The molecule has 1 saturated heterocycles. The first-order valence-electron chi connectivity index (χ1n) is 6.55. The summed E-state index contributed by atoms with van der Waals surface area (Å²) in [5.41, 5.74) is 0.892. The third kappa shape index (κ3) is 3.20. The predicted molar refractivity (Wildman–Crippen MR) is 71.8 cm³/mol. The zero-order chi connectivity index (χ0) is 13.7. The molecule has 0 saturated carbocycles. The predicted octanol–water partition coefficient (Wildman–Crippen LogP) is 1.22. The Kier molecular flexibility index (Phi) is 4.68. The third-order valence-corrected chi connectivity index (χ3v) is 3.33. The van der Waals surface area contributed by atoms with Crippen molar-refractivity contribution in [1.82, 2.24) is 14.9 Å². The average molecular weight is 264 g/mol. The molecule has 1 atom stereocenters. The molecule has 2 rings (SSSR count). The van der Waals surface area contributed by atoms with E-state index >= 15 is 0 Å². The summed E-state index contributed by atoms with van der Waals surface area (Å²) >= 11 is 0. The summed E-state index contributed by atoms with van der Waals surface area (Å²) in [5, 5.41) is 2.93. The monoisotopic (exact) mass is 264 g/mol. The number of rotatable bonds is 4. The van der Waals surface area contributed by atoms with Crippen molar-refractivity contribution >= 4 is 11.9 Å². The number of amides is 1. The van der Waals surface area contributed by atoms with E-state index in [-0.39, 0.29) is 18.6 Å². The van der Waals surface area contributed by atoms with E-state index in [9.17, 15) is 4.79 Å². The topological polar surface area (TPSA) is 67.4 Å². The maximum atomic E-state index is 12.1. The lowest BCUT2D eigenvalue weighted by atomic mass is 9.99. The Hall–Kier alpha value is -1.69. The first-order valence-corrected chi connectivity index (χ1v) is 6.55. The highest BCUT2D eigenvalue weighted by molar-refractivity contribution is 5.78. The lowest BCUT2D eigenvalue weighted by Crippen LogP contribution is -2.40. The molecule has 104 valence electrons. The van der Waals surface area contributed by atoms with Crippen LogP contribution in [0.3, 0.4) is 0 Å². The van der Waals surface area contributed by atoms with Crippen LogP contribution in [-0.4, -0.2) is 48.1 Å². The van der Waals surface area contributed by atoms with Gasteiger partial charge in [0.15, 0.2) is 0 Å². The van der Waals surface area contributed by atoms with Crippen molar-refractivity contribution in [2.24, 2.45) is 0 Å². The van der Waals surface area contributed by atoms with Crippen LogP contribution in [0, 0.1) is 0 Å². The molecule has 6 heteroatoms. The van der Waals surface area contributed by atoms with E-state index in [1.807, 2.05) is 11.0 Å². The summed E-state index contributed by atoms with van der Waals surface area (Å²) in [5.74, 6) is 0.610. The van der Waals surface area contributed by atoms with Crippen LogP contribution in [-0.2, 0) is 9.53 Å². The van der Waals surface area contributed by atoms with E-state index in [1.54, 1.807) is 20.4 Å². The Balaban J connectivity index is 2.20. The molecule has 2 heterocycles. The molecule has 6 nitrogen and oxygen atoms in total. The van der Waals surface area contributed by atoms with Crippen molar-refractivity contribution in [3.63, 3.8) is 0 Å². The van der Waals surface area contributed by atoms with Crippen LogP contribution < -0.4 is 5.32 Å². The minimum atomic E-state index is 0.0248. The molecule has 19 heavy (non-hydrogen) atoms. The Morgan fingerprint density at radius 2 is 2.42 bits per heavy atom. The summed E-state index contributed by atoms with van der Waals surface area (Å²) < 4.78 is 4.95. The van der Waals surface area contributed by atoms with Gasteiger partial charge in [0.25, 0.3) is 0 Å². The van der Waals surface area contributed by atoms with Crippen molar-refractivity contribution in [3.05, 3.63) is 18.0 Å². The highest BCUT2D eigenvalue weighted by Crippen LogP contribution is 2.30. The Labute approximate surface area is 113 Å². The van der Waals surface area contributed by atoms with E-state index < -0.39 is 0 Å². The standard InChI is InChI=1S/C13H20N4O2/c1-14-13-15-7-6-10(16-13)11-5-3-4-8-17(11)12(18)9-19-2/h6-7,11H,3-5,8-9H2,1-2H3,(H,14,15,16)/t11-/m1/s1. The second-order valence-corrected chi connectivity index (χ2v) is 4.59. The molecule has 1 aromatic rings. The summed E-state index contributed by atoms with van der Waals surface area (Å²) in [6.07, 6.45) is 4.81. The van der Waals surface area contributed by atoms with Gasteiger partial charge in [-0.1, -0.05) is 0 Å². The molecular weight excluding hydrogens is 244 g/mol. The molecule has 0 bridgehead atoms. The molecule has 1 amide bonds. The smallest absolute Gasteiger partial charge is 0.249 e. The largest absolute Gasteiger partial charge is 0.375 e. The normalized spacial score (nSPS) is 19.3. The van der Waals surface area contributed by atoms with Crippen molar-refractivity contribution in [2.45, 2.75) is 25.3 Å². The van der Waals surface area contributed by atoms with Crippen LogP contribution in [0.15, 0.2) is 12.3 Å². The molecule has 0 spiro atoms. The van der Waals surface area contributed by atoms with Crippen LogP contribution in [0.1, 0.15) is 31.0 Å². The Bertz CT molecular complexity index is 438. The van der Waals surface area contributed by atoms with Crippen LogP contribution in [0.2, 0.25) is 0 Å². The molecule has 0 aromatic carbocycles. The number of carbonyl (C=O) groups is 1. The maximum Gasteiger partial charge on any atom is 0.249 e. The molecule has 1 aliphatic rings. The number of nitrogens with one attached hydrogen (secondary N) is 1. The fraction of sp³-hybridized carbons (Fsp3) is 0.615. The van der Waals surface area contributed by atoms with E-state index in [0.717, 1.165) is 31.5 Å². The zero-order valence-corrected chi connectivity index (χ0v) is 11.4. The van der Waals surface area contributed by atoms with Gasteiger partial charge in [-0.05, 0) is 25.3 Å². The molecule has 1 aromatic heterocycles. The summed E-state index contributed by atoms with van der Waals surface area (Å²) in [6.45, 7) is 0.895. The number of piperidine rings is 1. The quantitative estimate of drug-likeness (QED) is 0.885. The maximum absolute atomic E-state index is 12.1. The average Bonchev–Trinajstić information content (AvgIpc) is 2.47. The number of carbonyl (C=O) groups excluding carboxylic acids is 1. The zero-order valence-electron chi connectivity index (χ0n) is 11.4. The number of aromatic nitrogens is 2. The molecule has 1 aliphatic heterocycles. The van der Waals surface area contributed by atoms with Gasteiger partial charge in [0.1, 0.15) is 6.61 Å². The summed E-state index contributed by atoms with van der Waals surface area (Å²) in [7, 11) is 3.33. The minimum Gasteiger partial charge on any atom is -0.375 e. The van der Waals surface area contributed by atoms with Gasteiger partial charge in [-0.25, -0.2) is 9.97 Å². The number of hydrogen-bond donors (Lipinski definition) is 1. The lowest BCUT2D eigenvalue weighted by molar-refractivity contribution is -0.139. The first-order chi connectivity index (χ1) is 9.26. The Morgan fingerprint density at radius 3 is 3.16 bits per heavy atom. The Morgan fingerprint density at radius 1 is 1.58 bits per heavy atom. The van der Waals surface area contributed by atoms with Crippen LogP contribution in [0.25, 0.3) is 0 Å². The van der Waals surface area contributed by atoms with Gasteiger partial charge < -0.3 is 15.0 Å². The number of hydrogen-bond acceptors (Lipinski definition) is 5. The van der Waals surface area contributed by atoms with Gasteiger partial charge in [-0.3, -0.25) is 4.79 Å². The fourth-order valence-corrected chi connectivity index (χ4v) is 2.42. The van der Waals surface area contributed by atoms with Crippen LogP contribution in [0.5, 0.6) is 0 Å². The summed E-state index contributed by atoms with van der Waals surface area (Å²) in [6, 6.07) is 1.91. The molecule has 1 fully saturated rings. The van der Waals surface area contributed by atoms with Gasteiger partial charge in [0, 0.05) is 26.9 Å². The number of ether oxygens (including phenoxy) is 1. The number of anilines is 1. The van der Waals surface area contributed by atoms with Crippen molar-refractivity contribution in [2.75, 3.05) is 32.6 Å². The van der Waals surface area contributed by atoms with Gasteiger partial charge in [-0.2, -0.15) is 0 Å². The van der Waals surface area contributed by atoms with E-state index in [0.29, 0.717) is 5.95 Å². The van der Waals surface area contributed by atoms with Gasteiger partial charge in [0.2, 0.25) is 11.9 Å². The van der Waals surface area contributed by atoms with E-state index in [1.165, 1.54) is 0 Å². The van der Waals surface area contributed by atoms with Crippen molar-refractivity contribution in [1.29, 1.82) is 0 Å². The van der Waals surface area contributed by atoms with Crippen LogP contribution >= 0.6 is 0 Å². The SMILES string of the molecule is CNc1nccc([C@H]2CCCCN2C(=O)COC)n1. The van der Waals surface area contributed by atoms with Crippen molar-refractivity contribution in [3.8, 4) is 0 Å². The van der Waals surface area contributed by atoms with Crippen molar-refractivity contribution < 1.29 is 9.53 Å². The second kappa shape index (κ2) is 6.47. The summed E-state index contributed by atoms with van der Waals surface area (Å²) in [4.78, 5) is 22.5. The van der Waals surface area contributed by atoms with Crippen LogP contribution in [0.4, 0.5) is 5.95 Å². The molecule has 0 radical (unpaired) electrons. The van der Waals surface area contributed by atoms with E-state index in [2.05, 4.69) is 15.3 Å². The highest BCUT2D eigenvalue weighted by Gasteiger charge is 2.28. The fourth-order valence-electron chi connectivity index (χ4n) is 2.42. The highest BCUT2D eigenvalue weighted by atomic mass is 16.5. The van der Waals surface area contributed by atoms with Gasteiger partial charge >= 0.3 is 0 Å². The van der Waals surface area contributed by atoms with Gasteiger partial charge in [-0.15, -0.1) is 0 Å². The number of likely N-dealkylation sites (tertiary alicyclic amines) is 1. The molecular formula is C13H20N4O2. The third-order valence-electron chi connectivity index (χ3n) is 3.33. The molecule has 0 aliphatic carbocycles. The first kappa shape index (κ1) is 13.7. The second-order valence-electron chi connectivity index (χ2n) is 4.59. The molecule has 1 N–H and O–H groups in total. The molecule has 0 unspecified atom stereocenters. The number of nitrogens with zero attached hydrogens (tertiary/aromatic N) is 3. The lowest BCUT2D eigenvalue weighted by Gasteiger charge is -2.35. The van der Waals surface area contributed by atoms with E-state index in [4.69, 9.17) is 4.74 Å².